The van der Waals surface area contributed by atoms with Crippen LogP contribution < -0.4 is 16.6 Å². The summed E-state index contributed by atoms with van der Waals surface area (Å²) >= 11 is 0. The molecule has 33 heavy (non-hydrogen) atoms. The molecule has 0 radical (unpaired) electrons. The van der Waals surface area contributed by atoms with Crippen LogP contribution in [0.1, 0.15) is 64.3 Å². The Morgan fingerprint density at radius 1 is 0.939 bits per heavy atom. The molecule has 0 saturated carbocycles. The van der Waals surface area contributed by atoms with Crippen LogP contribution in [0, 0.1) is 0 Å². The molecular formula is C21H23N3O9. The van der Waals surface area contributed by atoms with E-state index in [-0.39, 0.29) is 35.7 Å². The smallest absolute Gasteiger partial charge is 0.351 e. The summed E-state index contributed by atoms with van der Waals surface area (Å²) in [5.74, 6) is -3.90. The highest BCUT2D eigenvalue weighted by Crippen LogP contribution is 2.29. The number of carbonyl (C=O) groups is 3. The molecule has 0 unspecified atom stereocenters. The lowest BCUT2D eigenvalue weighted by atomic mass is 10.1. The molecule has 1 aromatic heterocycles. The number of hydroxylamine groups is 2. The number of rotatable bonds is 9. The van der Waals surface area contributed by atoms with Crippen LogP contribution in [0.4, 0.5) is 5.69 Å². The average Bonchev–Trinajstić information content (AvgIpc) is 2.74. The molecule has 0 spiro atoms. The van der Waals surface area contributed by atoms with Gasteiger partial charge in [-0.05, 0) is 45.9 Å². The van der Waals surface area contributed by atoms with E-state index in [1.165, 1.54) is 25.1 Å². The predicted molar refractivity (Wildman–Crippen MR) is 115 cm³/mol. The summed E-state index contributed by atoms with van der Waals surface area (Å²) in [7, 11) is 0. The van der Waals surface area contributed by atoms with Crippen molar-refractivity contribution in [3.63, 3.8) is 0 Å². The second-order valence-electron chi connectivity index (χ2n) is 6.54. The highest BCUT2D eigenvalue weighted by atomic mass is 16.7. The van der Waals surface area contributed by atoms with E-state index in [0.717, 1.165) is 6.92 Å². The summed E-state index contributed by atoms with van der Waals surface area (Å²) in [6, 6.07) is 3.89. The monoisotopic (exact) mass is 461 g/mol. The van der Waals surface area contributed by atoms with Crippen LogP contribution in [0.2, 0.25) is 0 Å². The Morgan fingerprint density at radius 2 is 1.45 bits per heavy atom. The van der Waals surface area contributed by atoms with Crippen LogP contribution in [-0.2, 0) is 9.68 Å². The quantitative estimate of drug-likeness (QED) is 0.246. The lowest BCUT2D eigenvalue weighted by Gasteiger charge is -2.10. The van der Waals surface area contributed by atoms with Crippen molar-refractivity contribution in [2.24, 2.45) is 4.99 Å². The molecule has 176 valence electrons. The Labute approximate surface area is 187 Å². The van der Waals surface area contributed by atoms with Gasteiger partial charge in [-0.2, -0.15) is 0 Å². The van der Waals surface area contributed by atoms with Crippen molar-refractivity contribution in [3.8, 4) is 11.7 Å². The maximum Gasteiger partial charge on any atom is 0.351 e. The molecule has 0 saturated heterocycles. The standard InChI is InChI=1S/C21H23N3O9/c1-5-31-23-18(27)12-7-13(19(28)24-32-6-2)9-14(8-12)22-10(3)15-17(26)16(11(4)25)21(30)33-20(15)29/h7-9,26,30H,5-6H2,1-4H3,(H,23,27)(H,24,28). The average molecular weight is 461 g/mol. The molecule has 1 aromatic carbocycles. The van der Waals surface area contributed by atoms with Crippen molar-refractivity contribution in [2.45, 2.75) is 27.7 Å². The molecule has 2 aromatic rings. The van der Waals surface area contributed by atoms with E-state index < -0.39 is 46.0 Å². The lowest BCUT2D eigenvalue weighted by Crippen LogP contribution is -2.26. The summed E-state index contributed by atoms with van der Waals surface area (Å²) in [5, 5.41) is 20.0. The number of benzene rings is 1. The lowest BCUT2D eigenvalue weighted by molar-refractivity contribution is 0.0359. The van der Waals surface area contributed by atoms with Gasteiger partial charge in [-0.15, -0.1) is 0 Å². The van der Waals surface area contributed by atoms with Gasteiger partial charge in [0.25, 0.3) is 17.8 Å². The fourth-order valence-electron chi connectivity index (χ4n) is 2.73. The number of nitrogens with one attached hydrogen (secondary N) is 2. The van der Waals surface area contributed by atoms with E-state index in [0.29, 0.717) is 0 Å². The summed E-state index contributed by atoms with van der Waals surface area (Å²) < 4.78 is 4.63. The van der Waals surface area contributed by atoms with Crippen molar-refractivity contribution in [1.29, 1.82) is 0 Å². The number of aromatic hydroxyl groups is 2. The molecule has 4 N–H and O–H groups in total. The Hall–Kier alpha value is -4.03. The molecule has 0 aliphatic rings. The van der Waals surface area contributed by atoms with Crippen molar-refractivity contribution < 1.29 is 38.7 Å². The highest BCUT2D eigenvalue weighted by molar-refractivity contribution is 6.07. The Bertz CT molecular complexity index is 1130. The van der Waals surface area contributed by atoms with Crippen molar-refractivity contribution in [1.82, 2.24) is 11.0 Å². The van der Waals surface area contributed by atoms with Gasteiger partial charge >= 0.3 is 5.63 Å². The van der Waals surface area contributed by atoms with E-state index in [2.05, 4.69) is 20.4 Å². The van der Waals surface area contributed by atoms with Crippen LogP contribution >= 0.6 is 0 Å². The van der Waals surface area contributed by atoms with Gasteiger partial charge in [0, 0.05) is 11.1 Å². The zero-order valence-electron chi connectivity index (χ0n) is 18.3. The topological polar surface area (TPSA) is 177 Å². The number of ketones is 1. The maximum atomic E-state index is 12.3. The second-order valence-corrected chi connectivity index (χ2v) is 6.54. The molecular weight excluding hydrogens is 438 g/mol. The molecule has 0 fully saturated rings. The molecule has 0 aliphatic carbocycles. The van der Waals surface area contributed by atoms with Gasteiger partial charge in [-0.1, -0.05) is 0 Å². The number of amides is 2. The minimum Gasteiger partial charge on any atom is -0.506 e. The van der Waals surface area contributed by atoms with Crippen LogP contribution in [-0.4, -0.2) is 46.7 Å². The number of nitrogens with zero attached hydrogens (tertiary/aromatic N) is 1. The summed E-state index contributed by atoms with van der Waals surface area (Å²) in [6.45, 7) is 6.13. The van der Waals surface area contributed by atoms with Crippen LogP contribution in [0.3, 0.4) is 0 Å². The first-order chi connectivity index (χ1) is 15.6. The number of hydrogen-bond acceptors (Lipinski definition) is 10. The summed E-state index contributed by atoms with van der Waals surface area (Å²) in [5.41, 5.74) is 2.14. The molecule has 0 atom stereocenters. The van der Waals surface area contributed by atoms with Gasteiger partial charge in [0.2, 0.25) is 0 Å². The van der Waals surface area contributed by atoms with Gasteiger partial charge < -0.3 is 14.6 Å². The molecule has 12 nitrogen and oxygen atoms in total. The SMILES string of the molecule is CCONC(=O)c1cc(N=C(C)c2c(O)c(C(C)=O)c(O)oc2=O)cc(C(=O)NOCC)c1. The van der Waals surface area contributed by atoms with Crippen LogP contribution in [0.5, 0.6) is 11.7 Å². The highest BCUT2D eigenvalue weighted by Gasteiger charge is 2.24. The van der Waals surface area contributed by atoms with E-state index >= 15 is 0 Å². The molecule has 2 rings (SSSR count). The molecule has 12 heteroatoms. The Kier molecular flexibility index (Phi) is 8.42. The first-order valence-electron chi connectivity index (χ1n) is 9.75. The fraction of sp³-hybridized carbons (Fsp3) is 0.286. The number of aliphatic imine (C=N–C) groups is 1. The first-order valence-corrected chi connectivity index (χ1v) is 9.75. The van der Waals surface area contributed by atoms with E-state index in [1.807, 2.05) is 0 Å². The molecule has 2 amide bonds. The third-order valence-electron chi connectivity index (χ3n) is 4.15. The summed E-state index contributed by atoms with van der Waals surface area (Å²) in [4.78, 5) is 62.6. The minimum atomic E-state index is -1.14. The van der Waals surface area contributed by atoms with Gasteiger partial charge in [-0.25, -0.2) is 15.8 Å². The van der Waals surface area contributed by atoms with Crippen LogP contribution in [0.25, 0.3) is 0 Å². The fourth-order valence-corrected chi connectivity index (χ4v) is 2.73. The van der Waals surface area contributed by atoms with E-state index in [1.54, 1.807) is 13.8 Å². The number of hydrogen-bond donors (Lipinski definition) is 4. The first kappa shape index (κ1) is 25.2. The zero-order chi connectivity index (χ0) is 24.7. The third kappa shape index (κ3) is 6.02. The van der Waals surface area contributed by atoms with Gasteiger partial charge in [0.05, 0.1) is 24.6 Å². The minimum absolute atomic E-state index is 0.00513. The second kappa shape index (κ2) is 11.0. The van der Waals surface area contributed by atoms with Crippen molar-refractivity contribution in [2.75, 3.05) is 13.2 Å². The Balaban J connectivity index is 2.62. The molecule has 0 bridgehead atoms. The maximum absolute atomic E-state index is 12.3. The summed E-state index contributed by atoms with van der Waals surface area (Å²) in [6.07, 6.45) is 0. The molecule has 1 heterocycles. The largest absolute Gasteiger partial charge is 0.506 e. The van der Waals surface area contributed by atoms with E-state index in [4.69, 9.17) is 9.68 Å². The van der Waals surface area contributed by atoms with E-state index in [9.17, 15) is 29.4 Å². The third-order valence-corrected chi connectivity index (χ3v) is 4.15. The van der Waals surface area contributed by atoms with Crippen molar-refractivity contribution >= 4 is 29.0 Å². The van der Waals surface area contributed by atoms with Gasteiger partial charge in [0.15, 0.2) is 5.78 Å². The number of carbonyl (C=O) groups excluding carboxylic acids is 3. The number of Topliss-reactive ketones (excluding diaryl/α,β-unsaturated/α-hetero) is 1. The van der Waals surface area contributed by atoms with Crippen LogP contribution in [0.15, 0.2) is 32.4 Å². The zero-order valence-corrected chi connectivity index (χ0v) is 18.3. The normalized spacial score (nSPS) is 11.2. The molecule has 0 aliphatic heterocycles. The predicted octanol–water partition coefficient (Wildman–Crippen LogP) is 1.76. The van der Waals surface area contributed by atoms with Gasteiger partial charge in [-0.3, -0.25) is 29.1 Å². The van der Waals surface area contributed by atoms with Crippen molar-refractivity contribution in [3.05, 3.63) is 50.9 Å². The Morgan fingerprint density at radius 3 is 1.91 bits per heavy atom. The van der Waals surface area contributed by atoms with Gasteiger partial charge in [0.1, 0.15) is 16.9 Å².